The van der Waals surface area contributed by atoms with Crippen molar-refractivity contribution >= 4 is 5.69 Å². The van der Waals surface area contributed by atoms with E-state index in [1.54, 1.807) is 13.0 Å². The minimum atomic E-state index is -0.295. The molecule has 1 N–H and O–H groups in total. The largest absolute Gasteiger partial charge is 0.310 e. The number of rotatable bonds is 4. The van der Waals surface area contributed by atoms with Crippen LogP contribution in [0.2, 0.25) is 0 Å². The Kier molecular flexibility index (Phi) is 3.27. The van der Waals surface area contributed by atoms with Crippen molar-refractivity contribution in [3.63, 3.8) is 0 Å². The molecule has 1 aromatic carbocycles. The third kappa shape index (κ3) is 2.50. The standard InChI is InChI=1S/C15H20N2O2/c1-10-2-3-12(8-15(10)17(18)19)9-16-14-7-11-4-5-13(14)6-11/h2-3,8,11,13-14,16H,4-7,9H2,1H3. The molecule has 2 fully saturated rings. The van der Waals surface area contributed by atoms with E-state index in [0.717, 1.165) is 29.5 Å². The van der Waals surface area contributed by atoms with E-state index >= 15 is 0 Å². The molecule has 0 saturated heterocycles. The summed E-state index contributed by atoms with van der Waals surface area (Å²) in [5, 5.41) is 14.5. The van der Waals surface area contributed by atoms with Crippen LogP contribution in [0.3, 0.4) is 0 Å². The van der Waals surface area contributed by atoms with Gasteiger partial charge >= 0.3 is 0 Å². The lowest BCUT2D eigenvalue weighted by atomic mass is 9.95. The van der Waals surface area contributed by atoms with Gasteiger partial charge in [-0.2, -0.15) is 0 Å². The quantitative estimate of drug-likeness (QED) is 0.668. The van der Waals surface area contributed by atoms with Crippen molar-refractivity contribution in [3.05, 3.63) is 39.4 Å². The summed E-state index contributed by atoms with van der Waals surface area (Å²) in [5.41, 5.74) is 1.97. The molecule has 0 amide bonds. The number of fused-ring (bicyclic) bond motifs is 2. The highest BCUT2D eigenvalue weighted by molar-refractivity contribution is 5.42. The lowest BCUT2D eigenvalue weighted by molar-refractivity contribution is -0.385. The summed E-state index contributed by atoms with van der Waals surface area (Å²) in [6, 6.07) is 6.16. The van der Waals surface area contributed by atoms with Gasteiger partial charge in [-0.1, -0.05) is 18.6 Å². The third-order valence-electron chi connectivity index (χ3n) is 4.78. The Balaban J connectivity index is 1.64. The van der Waals surface area contributed by atoms with Crippen LogP contribution in [0.25, 0.3) is 0 Å². The maximum atomic E-state index is 10.9. The summed E-state index contributed by atoms with van der Waals surface area (Å²) in [7, 11) is 0. The highest BCUT2D eigenvalue weighted by atomic mass is 16.6. The Hall–Kier alpha value is -1.42. The van der Waals surface area contributed by atoms with Gasteiger partial charge in [-0.25, -0.2) is 0 Å². The fourth-order valence-corrected chi connectivity index (χ4v) is 3.71. The first-order valence-electron chi connectivity index (χ1n) is 7.11. The molecule has 2 aliphatic rings. The molecular weight excluding hydrogens is 240 g/mol. The zero-order valence-electron chi connectivity index (χ0n) is 11.3. The van der Waals surface area contributed by atoms with Crippen molar-refractivity contribution in [1.82, 2.24) is 5.32 Å². The number of nitrogens with one attached hydrogen (secondary N) is 1. The molecule has 3 atom stereocenters. The normalized spacial score (nSPS) is 28.8. The number of nitro groups is 1. The first-order valence-corrected chi connectivity index (χ1v) is 7.11. The molecule has 2 aliphatic carbocycles. The summed E-state index contributed by atoms with van der Waals surface area (Å²) in [6.45, 7) is 2.53. The Bertz CT molecular complexity index is 501. The lowest BCUT2D eigenvalue weighted by Crippen LogP contribution is -2.33. The molecule has 4 nitrogen and oxygen atoms in total. The van der Waals surface area contributed by atoms with Crippen LogP contribution < -0.4 is 5.32 Å². The summed E-state index contributed by atoms with van der Waals surface area (Å²) < 4.78 is 0. The van der Waals surface area contributed by atoms with E-state index in [0.29, 0.717) is 6.04 Å². The predicted molar refractivity (Wildman–Crippen MR) is 73.9 cm³/mol. The molecule has 102 valence electrons. The number of hydrogen-bond acceptors (Lipinski definition) is 3. The monoisotopic (exact) mass is 260 g/mol. The van der Waals surface area contributed by atoms with Gasteiger partial charge in [0, 0.05) is 24.2 Å². The molecule has 3 rings (SSSR count). The van der Waals surface area contributed by atoms with E-state index in [2.05, 4.69) is 5.32 Å². The van der Waals surface area contributed by atoms with Gasteiger partial charge in [0.2, 0.25) is 0 Å². The highest BCUT2D eigenvalue weighted by Crippen LogP contribution is 2.44. The minimum Gasteiger partial charge on any atom is -0.310 e. The lowest BCUT2D eigenvalue weighted by Gasteiger charge is -2.23. The Morgan fingerprint density at radius 3 is 2.84 bits per heavy atom. The van der Waals surface area contributed by atoms with Crippen LogP contribution in [0.4, 0.5) is 5.69 Å². The maximum Gasteiger partial charge on any atom is 0.272 e. The summed E-state index contributed by atoms with van der Waals surface area (Å²) in [6.07, 6.45) is 5.43. The Morgan fingerprint density at radius 2 is 2.21 bits per heavy atom. The van der Waals surface area contributed by atoms with Crippen molar-refractivity contribution < 1.29 is 4.92 Å². The Morgan fingerprint density at radius 1 is 1.37 bits per heavy atom. The topological polar surface area (TPSA) is 55.2 Å². The second-order valence-electron chi connectivity index (χ2n) is 6.04. The fourth-order valence-electron chi connectivity index (χ4n) is 3.71. The second kappa shape index (κ2) is 4.93. The van der Waals surface area contributed by atoms with Crippen molar-refractivity contribution in [3.8, 4) is 0 Å². The molecule has 2 bridgehead atoms. The minimum absolute atomic E-state index is 0.229. The molecule has 4 heteroatoms. The maximum absolute atomic E-state index is 10.9. The highest BCUT2D eigenvalue weighted by Gasteiger charge is 2.38. The smallest absolute Gasteiger partial charge is 0.272 e. The van der Waals surface area contributed by atoms with E-state index in [4.69, 9.17) is 0 Å². The van der Waals surface area contributed by atoms with E-state index in [9.17, 15) is 10.1 Å². The molecular formula is C15H20N2O2. The van der Waals surface area contributed by atoms with Gasteiger partial charge in [0.15, 0.2) is 0 Å². The van der Waals surface area contributed by atoms with Gasteiger partial charge in [-0.05, 0) is 43.6 Å². The van der Waals surface area contributed by atoms with E-state index in [1.807, 2.05) is 12.1 Å². The summed E-state index contributed by atoms with van der Waals surface area (Å²) in [4.78, 5) is 10.6. The number of nitrogens with zero attached hydrogens (tertiary/aromatic N) is 1. The number of aryl methyl sites for hydroxylation is 1. The van der Waals surface area contributed by atoms with E-state index < -0.39 is 0 Å². The zero-order chi connectivity index (χ0) is 13.4. The zero-order valence-corrected chi connectivity index (χ0v) is 11.3. The van der Waals surface area contributed by atoms with E-state index in [-0.39, 0.29) is 10.6 Å². The second-order valence-corrected chi connectivity index (χ2v) is 6.04. The molecule has 0 radical (unpaired) electrons. The number of hydrogen-bond donors (Lipinski definition) is 1. The van der Waals surface area contributed by atoms with Crippen molar-refractivity contribution in [2.24, 2.45) is 11.8 Å². The van der Waals surface area contributed by atoms with E-state index in [1.165, 1.54) is 25.7 Å². The Labute approximate surface area is 113 Å². The molecule has 0 spiro atoms. The van der Waals surface area contributed by atoms with Gasteiger partial charge in [-0.3, -0.25) is 10.1 Å². The van der Waals surface area contributed by atoms with Crippen LogP contribution in [-0.2, 0) is 6.54 Å². The summed E-state index contributed by atoms with van der Waals surface area (Å²) >= 11 is 0. The molecule has 0 aliphatic heterocycles. The van der Waals surface area contributed by atoms with Crippen LogP contribution in [0.5, 0.6) is 0 Å². The van der Waals surface area contributed by atoms with Gasteiger partial charge in [0.25, 0.3) is 5.69 Å². The molecule has 19 heavy (non-hydrogen) atoms. The fraction of sp³-hybridized carbons (Fsp3) is 0.600. The first-order chi connectivity index (χ1) is 9.13. The molecule has 2 saturated carbocycles. The van der Waals surface area contributed by atoms with Gasteiger partial charge in [0.1, 0.15) is 0 Å². The van der Waals surface area contributed by atoms with Gasteiger partial charge < -0.3 is 5.32 Å². The molecule has 0 aromatic heterocycles. The van der Waals surface area contributed by atoms with Crippen molar-refractivity contribution in [1.29, 1.82) is 0 Å². The third-order valence-corrected chi connectivity index (χ3v) is 4.78. The predicted octanol–water partition coefficient (Wildman–Crippen LogP) is 3.18. The average Bonchev–Trinajstić information content (AvgIpc) is 2.99. The van der Waals surface area contributed by atoms with Crippen LogP contribution in [0.15, 0.2) is 18.2 Å². The van der Waals surface area contributed by atoms with Crippen molar-refractivity contribution in [2.75, 3.05) is 0 Å². The van der Waals surface area contributed by atoms with Crippen molar-refractivity contribution in [2.45, 2.75) is 45.2 Å². The van der Waals surface area contributed by atoms with Crippen LogP contribution >= 0.6 is 0 Å². The van der Waals surface area contributed by atoms with Gasteiger partial charge in [-0.15, -0.1) is 0 Å². The number of nitro benzene ring substituents is 1. The molecule has 1 aromatic rings. The van der Waals surface area contributed by atoms with Crippen LogP contribution in [0, 0.1) is 28.9 Å². The van der Waals surface area contributed by atoms with Crippen LogP contribution in [-0.4, -0.2) is 11.0 Å². The van der Waals surface area contributed by atoms with Crippen LogP contribution in [0.1, 0.15) is 36.8 Å². The molecule has 3 unspecified atom stereocenters. The number of benzene rings is 1. The molecule has 0 heterocycles. The first kappa shape index (κ1) is 12.6. The SMILES string of the molecule is Cc1ccc(CNC2CC3CCC2C3)cc1[N+](=O)[O-]. The average molecular weight is 260 g/mol. The summed E-state index contributed by atoms with van der Waals surface area (Å²) in [5.74, 6) is 1.76. The van der Waals surface area contributed by atoms with Gasteiger partial charge in [0.05, 0.1) is 4.92 Å².